The number of likely N-dealkylation sites (tertiary alicyclic amines) is 1. The summed E-state index contributed by atoms with van der Waals surface area (Å²) in [6, 6.07) is 19.7. The molecule has 9 nitrogen and oxygen atoms in total. The lowest BCUT2D eigenvalue weighted by molar-refractivity contribution is -0.147. The van der Waals surface area contributed by atoms with E-state index in [1.54, 1.807) is 29.1 Å². The van der Waals surface area contributed by atoms with E-state index in [2.05, 4.69) is 18.8 Å². The van der Waals surface area contributed by atoms with Gasteiger partial charge in [-0.15, -0.1) is 11.8 Å². The van der Waals surface area contributed by atoms with E-state index in [1.165, 1.54) is 12.1 Å². The number of carbonyl (C=O) groups is 2. The van der Waals surface area contributed by atoms with E-state index >= 15 is 4.79 Å². The third-order valence-corrected chi connectivity index (χ3v) is 9.26. The first-order valence-corrected chi connectivity index (χ1v) is 17.0. The van der Waals surface area contributed by atoms with Crippen molar-refractivity contribution in [3.8, 4) is 11.5 Å². The van der Waals surface area contributed by atoms with Gasteiger partial charge in [0.05, 0.1) is 37.5 Å². The van der Waals surface area contributed by atoms with Crippen molar-refractivity contribution >= 4 is 40.1 Å². The number of pyridine rings is 1. The molecule has 10 heteroatoms. The van der Waals surface area contributed by atoms with Gasteiger partial charge in [0, 0.05) is 34.5 Å². The molecule has 47 heavy (non-hydrogen) atoms. The van der Waals surface area contributed by atoms with Crippen LogP contribution < -0.4 is 20.3 Å². The number of fused-ring (bicyclic) bond motifs is 1. The van der Waals surface area contributed by atoms with Crippen LogP contribution in [-0.4, -0.2) is 53.4 Å². The molecular formula is C37H44N4O5S. The first-order chi connectivity index (χ1) is 22.6. The minimum Gasteiger partial charge on any atom is -0.490 e. The Morgan fingerprint density at radius 3 is 2.53 bits per heavy atom. The van der Waals surface area contributed by atoms with Gasteiger partial charge < -0.3 is 19.1 Å². The van der Waals surface area contributed by atoms with Crippen molar-refractivity contribution in [1.29, 1.82) is 0 Å². The number of anilines is 1. The number of esters is 1. The van der Waals surface area contributed by atoms with Gasteiger partial charge in [-0.25, -0.2) is 5.84 Å². The Labute approximate surface area is 281 Å². The Hall–Kier alpha value is -4.28. The highest BCUT2D eigenvalue weighted by atomic mass is 32.2. The molecule has 3 aromatic carbocycles. The van der Waals surface area contributed by atoms with Crippen molar-refractivity contribution in [2.75, 3.05) is 25.3 Å². The maximum atomic E-state index is 15.1. The van der Waals surface area contributed by atoms with E-state index in [1.807, 2.05) is 87.5 Å². The summed E-state index contributed by atoms with van der Waals surface area (Å²) in [5, 5.41) is 3.71. The van der Waals surface area contributed by atoms with Crippen LogP contribution in [0, 0.1) is 5.92 Å². The number of amides is 1. The van der Waals surface area contributed by atoms with Gasteiger partial charge in [-0.3, -0.25) is 19.6 Å². The number of hydrogen-bond donors (Lipinski definition) is 1. The summed E-state index contributed by atoms with van der Waals surface area (Å²) in [5.41, 5.74) is 2.21. The number of benzene rings is 3. The van der Waals surface area contributed by atoms with Gasteiger partial charge in [0.2, 0.25) is 0 Å². The number of methoxy groups -OCH3 is 1. The van der Waals surface area contributed by atoms with Crippen molar-refractivity contribution in [1.82, 2.24) is 9.88 Å². The van der Waals surface area contributed by atoms with E-state index < -0.39 is 18.0 Å². The maximum absolute atomic E-state index is 15.1. The van der Waals surface area contributed by atoms with Crippen LogP contribution in [0.15, 0.2) is 84.0 Å². The summed E-state index contributed by atoms with van der Waals surface area (Å²) in [6.07, 6.45) is 3.92. The second-order valence-electron chi connectivity index (χ2n) is 12.1. The highest BCUT2D eigenvalue weighted by Crippen LogP contribution is 2.45. The second-order valence-corrected chi connectivity index (χ2v) is 13.7. The molecule has 2 heterocycles. The first kappa shape index (κ1) is 34.1. The van der Waals surface area contributed by atoms with Gasteiger partial charge in [-0.05, 0) is 80.1 Å². The van der Waals surface area contributed by atoms with E-state index in [0.29, 0.717) is 47.6 Å². The second kappa shape index (κ2) is 15.1. The summed E-state index contributed by atoms with van der Waals surface area (Å²) in [5.74, 6) is 6.99. The molecule has 4 aromatic rings. The quantitative estimate of drug-likeness (QED) is 0.0739. The lowest BCUT2D eigenvalue weighted by Gasteiger charge is -2.36. The van der Waals surface area contributed by atoms with E-state index in [4.69, 9.17) is 20.1 Å². The Morgan fingerprint density at radius 2 is 1.81 bits per heavy atom. The van der Waals surface area contributed by atoms with E-state index in [-0.39, 0.29) is 18.0 Å². The van der Waals surface area contributed by atoms with Crippen LogP contribution in [0.3, 0.4) is 0 Å². The molecule has 0 saturated carbocycles. The van der Waals surface area contributed by atoms with Crippen molar-refractivity contribution in [3.63, 3.8) is 0 Å². The number of aromatic nitrogens is 1. The predicted octanol–water partition coefficient (Wildman–Crippen LogP) is 7.11. The molecule has 1 aliphatic heterocycles. The number of nitrogens with zero attached hydrogens (tertiary/aromatic N) is 3. The smallest absolute Gasteiger partial charge is 0.311 e. The topological polar surface area (TPSA) is 107 Å². The van der Waals surface area contributed by atoms with Crippen LogP contribution in [0.25, 0.3) is 10.8 Å². The summed E-state index contributed by atoms with van der Waals surface area (Å²) >= 11 is 1.71. The number of carbonyl (C=O) groups excluding carboxylic acids is 2. The fraction of sp³-hybridized carbons (Fsp3) is 0.378. The molecule has 5 rings (SSSR count). The lowest BCUT2D eigenvalue weighted by Crippen LogP contribution is -2.47. The number of thioether (sulfide) groups is 1. The van der Waals surface area contributed by atoms with Gasteiger partial charge in [0.25, 0.3) is 5.91 Å². The fourth-order valence-corrected chi connectivity index (χ4v) is 7.17. The molecule has 0 aliphatic carbocycles. The van der Waals surface area contributed by atoms with Crippen molar-refractivity contribution in [3.05, 3.63) is 90.3 Å². The largest absolute Gasteiger partial charge is 0.490 e. The molecular weight excluding hydrogens is 612 g/mol. The molecule has 1 aliphatic rings. The SMILES string of the molecule is CCOc1cc(C(C(=O)N2CCC(C(=O)OC)C2c2ccccc2SC(C)C)N(N)c2ccc3cnccc3c2)ccc1OC(C)C. The van der Waals surface area contributed by atoms with Gasteiger partial charge in [-0.2, -0.15) is 0 Å². The van der Waals surface area contributed by atoms with Gasteiger partial charge in [-0.1, -0.05) is 44.2 Å². The Kier molecular flexibility index (Phi) is 10.9. The molecule has 1 amide bonds. The van der Waals surface area contributed by atoms with Crippen LogP contribution in [-0.2, 0) is 14.3 Å². The van der Waals surface area contributed by atoms with Crippen LogP contribution in [0.1, 0.15) is 64.3 Å². The zero-order chi connectivity index (χ0) is 33.7. The standard InChI is InChI=1S/C37H44N4O5S/c1-7-45-32-21-26(13-15-31(32)46-23(2)3)34(41(38)28-14-12-27-22-39-18-16-25(27)20-28)36(42)40-19-17-30(37(43)44-6)35(40)29-10-8-9-11-33(29)47-24(4)5/h8-16,18,20-24,30,34-35H,7,17,19,38H2,1-6H3. The normalized spacial score (nSPS) is 16.8. The van der Waals surface area contributed by atoms with Crippen LogP contribution in [0.4, 0.5) is 5.69 Å². The average molecular weight is 657 g/mol. The molecule has 1 fully saturated rings. The first-order valence-electron chi connectivity index (χ1n) is 16.1. The molecule has 248 valence electrons. The van der Waals surface area contributed by atoms with Crippen LogP contribution in [0.5, 0.6) is 11.5 Å². The maximum Gasteiger partial charge on any atom is 0.311 e. The summed E-state index contributed by atoms with van der Waals surface area (Å²) in [7, 11) is 1.40. The molecule has 0 spiro atoms. The fourth-order valence-electron chi connectivity index (χ4n) is 6.18. The Balaban J connectivity index is 1.64. The number of hydrogen-bond acceptors (Lipinski definition) is 9. The zero-order valence-electron chi connectivity index (χ0n) is 27.9. The Morgan fingerprint density at radius 1 is 1.02 bits per heavy atom. The van der Waals surface area contributed by atoms with Crippen LogP contribution >= 0.6 is 11.8 Å². The molecule has 3 atom stereocenters. The molecule has 1 aromatic heterocycles. The highest BCUT2D eigenvalue weighted by molar-refractivity contribution is 8.00. The molecule has 0 radical (unpaired) electrons. The summed E-state index contributed by atoms with van der Waals surface area (Å²) < 4.78 is 17.3. The lowest BCUT2D eigenvalue weighted by atomic mass is 9.93. The third-order valence-electron chi connectivity index (χ3n) is 8.17. The number of ether oxygens (including phenoxy) is 3. The molecule has 1 saturated heterocycles. The summed E-state index contributed by atoms with van der Waals surface area (Å²) in [6.45, 7) is 10.8. The monoisotopic (exact) mass is 656 g/mol. The average Bonchev–Trinajstić information content (AvgIpc) is 3.50. The number of rotatable bonds is 12. The van der Waals surface area contributed by atoms with E-state index in [0.717, 1.165) is 21.2 Å². The molecule has 0 bridgehead atoms. The highest BCUT2D eigenvalue weighted by Gasteiger charge is 2.46. The third kappa shape index (κ3) is 7.49. The van der Waals surface area contributed by atoms with E-state index in [9.17, 15) is 4.79 Å². The van der Waals surface area contributed by atoms with Gasteiger partial charge >= 0.3 is 5.97 Å². The predicted molar refractivity (Wildman–Crippen MR) is 187 cm³/mol. The van der Waals surface area contributed by atoms with Gasteiger partial charge in [0.15, 0.2) is 11.5 Å². The Bertz CT molecular complexity index is 1710. The number of nitrogens with two attached hydrogens (primary N) is 1. The minimum atomic E-state index is -0.953. The number of hydrazine groups is 1. The zero-order valence-corrected chi connectivity index (χ0v) is 28.7. The van der Waals surface area contributed by atoms with Crippen LogP contribution in [0.2, 0.25) is 0 Å². The van der Waals surface area contributed by atoms with Crippen molar-refractivity contribution in [2.24, 2.45) is 11.8 Å². The van der Waals surface area contributed by atoms with Gasteiger partial charge in [0.1, 0.15) is 6.04 Å². The minimum absolute atomic E-state index is 0.0695. The van der Waals surface area contributed by atoms with Crippen molar-refractivity contribution in [2.45, 2.75) is 69.4 Å². The molecule has 2 N–H and O–H groups in total. The molecule has 3 unspecified atom stereocenters. The summed E-state index contributed by atoms with van der Waals surface area (Å²) in [4.78, 5) is 35.4. The van der Waals surface area contributed by atoms with Crippen molar-refractivity contribution < 1.29 is 23.8 Å².